The molecule has 1 fully saturated rings. The van der Waals surface area contributed by atoms with E-state index in [1.807, 2.05) is 132 Å². The number of phenolic OH excluding ortho intramolecular Hbond substituents is 1. The van der Waals surface area contributed by atoms with Crippen molar-refractivity contribution in [1.29, 1.82) is 0 Å². The average Bonchev–Trinajstić information content (AvgIpc) is 3.90. The largest absolute Gasteiger partial charge is 0.507 e. The van der Waals surface area contributed by atoms with Gasteiger partial charge in [-0.2, -0.15) is 0 Å². The van der Waals surface area contributed by atoms with E-state index in [4.69, 9.17) is 17.2 Å². The van der Waals surface area contributed by atoms with Crippen molar-refractivity contribution in [2.24, 2.45) is 23.1 Å². The standard InChI is InChI=1S/C63H72IN11O9S2/c1-35(2)55-63(84)74-53(61(82)70-49(56(67)77)29-37-19-22-40-12-4-6-14-42(40)26-37)34-86-85-33-52(73-57(78)46(66)28-36-18-21-39-11-3-5-13-41(39)25-36)62(83)71-50(30-38-20-23-54(76)45(64)27-38)59(80)72-51(31-43-32-68-47-16-8-7-15-44(43)47)60(81)69-48(58(79)75-55)17-9-10-24-65/h3-8,11-16,18-23,25-27,32,35,46,48-53,55,68,76H,9-10,17,24,28-31,33-34,65-66H2,1-2H3,(H2,67,77)(H,69,81)(H,70,82)(H,71,83)(H,72,80)(H,73,78)(H,74,84)(H,75,79)/t46-,48-,49-,50-,51+,52+,53-,55-/m0/s1. The maximum absolute atomic E-state index is 15.1. The van der Waals surface area contributed by atoms with Crippen molar-refractivity contribution < 1.29 is 43.5 Å². The molecule has 8 amide bonds. The van der Waals surface area contributed by atoms with Crippen LogP contribution in [0.1, 0.15) is 55.4 Å². The topological polar surface area (TPSA) is 335 Å². The fourth-order valence-corrected chi connectivity index (χ4v) is 13.1. The van der Waals surface area contributed by atoms with Crippen LogP contribution in [0.3, 0.4) is 0 Å². The van der Waals surface area contributed by atoms with Crippen LogP contribution >= 0.6 is 44.2 Å². The number of phenols is 1. The summed E-state index contributed by atoms with van der Waals surface area (Å²) in [7, 11) is 2.14. The minimum absolute atomic E-state index is 0.00963. The molecule has 2 heterocycles. The van der Waals surface area contributed by atoms with Crippen LogP contribution in [0.15, 0.2) is 134 Å². The molecule has 0 unspecified atom stereocenters. The number of aromatic nitrogens is 1. The van der Waals surface area contributed by atoms with Gasteiger partial charge in [-0.15, -0.1) is 0 Å². The molecule has 0 spiro atoms. The number of fused-ring (bicyclic) bond motifs is 3. The lowest BCUT2D eigenvalue weighted by Gasteiger charge is -2.29. The van der Waals surface area contributed by atoms with E-state index >= 15 is 4.79 Å². The first-order valence-electron chi connectivity index (χ1n) is 28.4. The number of carbonyl (C=O) groups excluding carboxylic acids is 8. The van der Waals surface area contributed by atoms with Crippen LogP contribution in [-0.4, -0.2) is 124 Å². The van der Waals surface area contributed by atoms with E-state index in [1.54, 1.807) is 32.2 Å². The van der Waals surface area contributed by atoms with Crippen LogP contribution in [0.5, 0.6) is 5.75 Å². The molecule has 0 radical (unpaired) electrons. The number of rotatable bonds is 18. The van der Waals surface area contributed by atoms with Gasteiger partial charge in [0.25, 0.3) is 0 Å². The first kappa shape index (κ1) is 64.3. The Hall–Kier alpha value is -7.71. The molecule has 20 nitrogen and oxygen atoms in total. The minimum atomic E-state index is -1.42. The Morgan fingerprint density at radius 3 is 1.88 bits per heavy atom. The minimum Gasteiger partial charge on any atom is -0.507 e. The van der Waals surface area contributed by atoms with Crippen LogP contribution < -0.4 is 54.4 Å². The quantitative estimate of drug-likeness (QED) is 0.0322. The van der Waals surface area contributed by atoms with Crippen LogP contribution in [0.2, 0.25) is 0 Å². The van der Waals surface area contributed by atoms with Gasteiger partial charge in [0.2, 0.25) is 47.3 Å². The van der Waals surface area contributed by atoms with Gasteiger partial charge >= 0.3 is 0 Å². The molecule has 1 aliphatic rings. The second-order valence-electron chi connectivity index (χ2n) is 21.8. The number of benzene rings is 6. The summed E-state index contributed by atoms with van der Waals surface area (Å²) in [5.74, 6) is -7.06. The van der Waals surface area contributed by atoms with Crippen LogP contribution in [-0.2, 0) is 64.0 Å². The van der Waals surface area contributed by atoms with E-state index in [1.165, 1.54) is 6.07 Å². The molecule has 0 saturated carbocycles. The molecule has 8 rings (SSSR count). The van der Waals surface area contributed by atoms with Crippen molar-refractivity contribution in [2.75, 3.05) is 18.1 Å². The van der Waals surface area contributed by atoms with E-state index in [-0.39, 0.29) is 55.9 Å². The van der Waals surface area contributed by atoms with E-state index in [0.717, 1.165) is 59.6 Å². The maximum Gasteiger partial charge on any atom is 0.244 e. The molecule has 452 valence electrons. The molecule has 1 saturated heterocycles. The average molecular weight is 1320 g/mol. The lowest BCUT2D eigenvalue weighted by molar-refractivity contribution is -0.136. The van der Waals surface area contributed by atoms with E-state index < -0.39 is 102 Å². The molecule has 1 aliphatic heterocycles. The number of nitrogens with one attached hydrogen (secondary N) is 8. The van der Waals surface area contributed by atoms with Crippen molar-refractivity contribution in [2.45, 2.75) is 107 Å². The predicted molar refractivity (Wildman–Crippen MR) is 345 cm³/mol. The number of carbonyl (C=O) groups is 8. The van der Waals surface area contributed by atoms with Crippen LogP contribution in [0, 0.1) is 9.49 Å². The number of aromatic hydroxyl groups is 1. The highest BCUT2D eigenvalue weighted by Gasteiger charge is 2.36. The summed E-state index contributed by atoms with van der Waals surface area (Å²) in [5, 5.41) is 34.8. The summed E-state index contributed by atoms with van der Waals surface area (Å²) in [5.41, 5.74) is 21.8. The van der Waals surface area contributed by atoms with Gasteiger partial charge in [0.15, 0.2) is 0 Å². The number of H-pyrrole nitrogens is 1. The van der Waals surface area contributed by atoms with E-state index in [9.17, 15) is 38.7 Å². The van der Waals surface area contributed by atoms with Gasteiger partial charge in [-0.05, 0) is 123 Å². The van der Waals surface area contributed by atoms with Gasteiger partial charge in [0.1, 0.15) is 48.0 Å². The summed E-state index contributed by atoms with van der Waals surface area (Å²) in [6.45, 7) is 3.69. The Morgan fingerprint density at radius 2 is 1.23 bits per heavy atom. The summed E-state index contributed by atoms with van der Waals surface area (Å²) in [6.07, 6.45) is 2.55. The molecule has 0 bridgehead atoms. The van der Waals surface area contributed by atoms with Crippen molar-refractivity contribution in [3.8, 4) is 5.75 Å². The van der Waals surface area contributed by atoms with Crippen molar-refractivity contribution in [3.63, 3.8) is 0 Å². The highest BCUT2D eigenvalue weighted by molar-refractivity contribution is 14.1. The van der Waals surface area contributed by atoms with Gasteiger partial charge in [0.05, 0.1) is 9.61 Å². The number of amides is 8. The highest BCUT2D eigenvalue weighted by Crippen LogP contribution is 2.26. The van der Waals surface area contributed by atoms with Crippen LogP contribution in [0.25, 0.3) is 32.4 Å². The van der Waals surface area contributed by atoms with Gasteiger partial charge in [-0.1, -0.05) is 145 Å². The Bertz CT molecular complexity index is 3610. The molecule has 86 heavy (non-hydrogen) atoms. The molecule has 1 aromatic heterocycles. The highest BCUT2D eigenvalue weighted by atomic mass is 127. The lowest BCUT2D eigenvalue weighted by atomic mass is 9.99. The second-order valence-corrected chi connectivity index (χ2v) is 25.5. The maximum atomic E-state index is 15.1. The first-order valence-corrected chi connectivity index (χ1v) is 32.0. The number of hydrogen-bond acceptors (Lipinski definition) is 13. The van der Waals surface area contributed by atoms with E-state index in [2.05, 4.69) is 42.2 Å². The SMILES string of the molecule is CC(C)[C@@H]1NC(=O)[C@H](CCCCN)NC(=O)[C@@H](Cc2c[nH]c3ccccc23)NC(=O)[C@H](Cc2ccc(O)c(I)c2)NC(=O)[C@H](NC(=O)[C@@H](N)Cc2ccc3ccccc3c2)CSSC[C@@H](C(=O)N[C@@H](Cc2ccc3ccccc3c2)C(N)=O)NC1=O. The molecular weight excluding hydrogens is 1250 g/mol. The Kier molecular flexibility index (Phi) is 22.9. The fraction of sp³-hybridized carbons (Fsp3) is 0.333. The summed E-state index contributed by atoms with van der Waals surface area (Å²) >= 11 is 1.95. The molecule has 15 N–H and O–H groups in total. The first-order chi connectivity index (χ1) is 41.3. The monoisotopic (exact) mass is 1320 g/mol. The Morgan fingerprint density at radius 1 is 0.651 bits per heavy atom. The second kappa shape index (κ2) is 30.6. The smallest absolute Gasteiger partial charge is 0.244 e. The van der Waals surface area contributed by atoms with Gasteiger partial charge in [0, 0.05) is 47.9 Å². The number of nitrogens with two attached hydrogens (primary N) is 3. The number of hydrogen-bond donors (Lipinski definition) is 12. The van der Waals surface area contributed by atoms with Crippen molar-refractivity contribution in [3.05, 3.63) is 159 Å². The van der Waals surface area contributed by atoms with Gasteiger partial charge in [-0.25, -0.2) is 0 Å². The zero-order chi connectivity index (χ0) is 61.4. The zero-order valence-electron chi connectivity index (χ0n) is 47.6. The molecule has 7 aromatic rings. The van der Waals surface area contributed by atoms with Crippen LogP contribution in [0.4, 0.5) is 0 Å². The normalized spacial score (nSPS) is 20.2. The number of aromatic amines is 1. The number of para-hydroxylation sites is 1. The van der Waals surface area contributed by atoms with Gasteiger partial charge in [-0.3, -0.25) is 38.4 Å². The zero-order valence-corrected chi connectivity index (χ0v) is 51.4. The Balaban J connectivity index is 1.15. The molecule has 23 heteroatoms. The molecular formula is C63H72IN11O9S2. The summed E-state index contributed by atoms with van der Waals surface area (Å²) < 4.78 is 0.464. The third kappa shape index (κ3) is 17.5. The molecule has 0 aliphatic carbocycles. The van der Waals surface area contributed by atoms with Crippen molar-refractivity contribution in [1.82, 2.24) is 42.2 Å². The molecule has 6 aromatic carbocycles. The molecule has 8 atom stereocenters. The number of primary amides is 1. The van der Waals surface area contributed by atoms with Gasteiger partial charge < -0.3 is 64.5 Å². The predicted octanol–water partition coefficient (Wildman–Crippen LogP) is 4.44. The lowest BCUT2D eigenvalue weighted by Crippen LogP contribution is -2.61. The van der Waals surface area contributed by atoms with E-state index in [0.29, 0.717) is 33.1 Å². The number of halogens is 1. The van der Waals surface area contributed by atoms with Crippen molar-refractivity contribution >= 4 is 124 Å². The third-order valence-electron chi connectivity index (χ3n) is 15.0. The Labute approximate surface area is 519 Å². The number of unbranched alkanes of at least 4 members (excludes halogenated alkanes) is 1. The third-order valence-corrected chi connectivity index (χ3v) is 18.3. The fourth-order valence-electron chi connectivity index (χ4n) is 10.2. The summed E-state index contributed by atoms with van der Waals surface area (Å²) in [6, 6.07) is 28.4. The summed E-state index contributed by atoms with van der Waals surface area (Å²) in [4.78, 5) is 119.